The van der Waals surface area contributed by atoms with Crippen LogP contribution in [0.5, 0.6) is 0 Å². The average molecular weight is 272 g/mol. The molecule has 0 radical (unpaired) electrons. The Bertz CT molecular complexity index is 429. The van der Waals surface area contributed by atoms with Gasteiger partial charge in [-0.3, -0.25) is 0 Å². The van der Waals surface area contributed by atoms with Crippen LogP contribution in [0.1, 0.15) is 25.3 Å². The third-order valence-corrected chi connectivity index (χ3v) is 3.71. The van der Waals surface area contributed by atoms with Crippen LogP contribution in [0.15, 0.2) is 12.1 Å². The monoisotopic (exact) mass is 272 g/mol. The lowest BCUT2D eigenvalue weighted by molar-refractivity contribution is 0.205. The Morgan fingerprint density at radius 2 is 1.74 bits per heavy atom. The fourth-order valence-corrected chi connectivity index (χ4v) is 2.41. The highest BCUT2D eigenvalue weighted by atomic mass is 19.2. The summed E-state index contributed by atoms with van der Waals surface area (Å²) in [5.74, 6) is -2.84. The molecule has 106 valence electrons. The SMILES string of the molecule is CCN1CCC(NCc2cc(F)c(F)cc2F)CC1. The standard InChI is InChI=1S/C14H19F3N2/c1-2-19-5-3-11(4-6-19)18-9-10-7-13(16)14(17)8-12(10)15/h7-8,11,18H,2-6,9H2,1H3. The minimum Gasteiger partial charge on any atom is -0.310 e. The highest BCUT2D eigenvalue weighted by Gasteiger charge is 2.18. The van der Waals surface area contributed by atoms with Gasteiger partial charge in [-0.05, 0) is 38.5 Å². The van der Waals surface area contributed by atoms with Gasteiger partial charge in [0.25, 0.3) is 0 Å². The number of likely N-dealkylation sites (tertiary alicyclic amines) is 1. The molecule has 5 heteroatoms. The number of hydrogen-bond donors (Lipinski definition) is 1. The van der Waals surface area contributed by atoms with Crippen LogP contribution in [-0.4, -0.2) is 30.6 Å². The first-order valence-corrected chi connectivity index (χ1v) is 6.69. The second-order valence-electron chi connectivity index (χ2n) is 4.95. The molecule has 1 aromatic rings. The predicted molar refractivity (Wildman–Crippen MR) is 68.3 cm³/mol. The Kier molecular flexibility index (Phi) is 4.82. The van der Waals surface area contributed by atoms with Gasteiger partial charge in [-0.2, -0.15) is 0 Å². The summed E-state index contributed by atoms with van der Waals surface area (Å²) < 4.78 is 39.3. The molecular formula is C14H19F3N2. The molecule has 1 aliphatic rings. The van der Waals surface area contributed by atoms with Crippen molar-refractivity contribution in [3.8, 4) is 0 Å². The van der Waals surface area contributed by atoms with E-state index < -0.39 is 17.5 Å². The first-order chi connectivity index (χ1) is 9.10. The van der Waals surface area contributed by atoms with Crippen LogP contribution in [0.4, 0.5) is 13.2 Å². The Morgan fingerprint density at radius 1 is 1.11 bits per heavy atom. The Labute approximate surface area is 111 Å². The maximum Gasteiger partial charge on any atom is 0.161 e. The van der Waals surface area contributed by atoms with E-state index in [0.29, 0.717) is 12.1 Å². The third-order valence-electron chi connectivity index (χ3n) is 3.71. The molecule has 19 heavy (non-hydrogen) atoms. The number of nitrogens with zero attached hydrogens (tertiary/aromatic N) is 1. The maximum atomic E-state index is 13.4. The zero-order valence-electron chi connectivity index (χ0n) is 11.1. The van der Waals surface area contributed by atoms with E-state index in [4.69, 9.17) is 0 Å². The van der Waals surface area contributed by atoms with Gasteiger partial charge in [0.15, 0.2) is 11.6 Å². The lowest BCUT2D eigenvalue weighted by atomic mass is 10.0. The summed E-state index contributed by atoms with van der Waals surface area (Å²) in [5.41, 5.74) is 0.178. The number of halogens is 3. The fraction of sp³-hybridized carbons (Fsp3) is 0.571. The van der Waals surface area contributed by atoms with Gasteiger partial charge in [-0.1, -0.05) is 6.92 Å². The Hall–Kier alpha value is -1.07. The summed E-state index contributed by atoms with van der Waals surface area (Å²) in [6, 6.07) is 1.85. The summed E-state index contributed by atoms with van der Waals surface area (Å²) in [7, 11) is 0. The molecule has 0 spiro atoms. The topological polar surface area (TPSA) is 15.3 Å². The molecule has 0 aromatic heterocycles. The highest BCUT2D eigenvalue weighted by molar-refractivity contribution is 5.20. The molecule has 0 amide bonds. The molecule has 1 heterocycles. The Balaban J connectivity index is 1.88. The van der Waals surface area contributed by atoms with Gasteiger partial charge in [-0.25, -0.2) is 13.2 Å². The van der Waals surface area contributed by atoms with Gasteiger partial charge >= 0.3 is 0 Å². The highest BCUT2D eigenvalue weighted by Crippen LogP contribution is 2.15. The molecule has 0 bridgehead atoms. The summed E-state index contributed by atoms with van der Waals surface area (Å²) in [4.78, 5) is 2.36. The smallest absolute Gasteiger partial charge is 0.161 e. The van der Waals surface area contributed by atoms with Crippen LogP contribution in [0.2, 0.25) is 0 Å². The number of benzene rings is 1. The van der Waals surface area contributed by atoms with Crippen LogP contribution in [0.3, 0.4) is 0 Å². The van der Waals surface area contributed by atoms with Crippen LogP contribution in [0, 0.1) is 17.5 Å². The van der Waals surface area contributed by atoms with E-state index in [0.717, 1.165) is 38.5 Å². The molecular weight excluding hydrogens is 253 g/mol. The van der Waals surface area contributed by atoms with Crippen LogP contribution in [0.25, 0.3) is 0 Å². The minimum absolute atomic E-state index is 0.178. The molecule has 1 N–H and O–H groups in total. The van der Waals surface area contributed by atoms with Crippen LogP contribution >= 0.6 is 0 Å². The van der Waals surface area contributed by atoms with Crippen molar-refractivity contribution in [1.82, 2.24) is 10.2 Å². The largest absolute Gasteiger partial charge is 0.310 e. The molecule has 0 aliphatic carbocycles. The zero-order valence-corrected chi connectivity index (χ0v) is 11.1. The van der Waals surface area contributed by atoms with Crippen molar-refractivity contribution in [3.05, 3.63) is 35.1 Å². The van der Waals surface area contributed by atoms with Crippen molar-refractivity contribution in [1.29, 1.82) is 0 Å². The molecule has 0 atom stereocenters. The van der Waals surface area contributed by atoms with E-state index >= 15 is 0 Å². The summed E-state index contributed by atoms with van der Waals surface area (Å²) in [5, 5.41) is 3.21. The van der Waals surface area contributed by atoms with Crippen LogP contribution < -0.4 is 5.32 Å². The first-order valence-electron chi connectivity index (χ1n) is 6.69. The number of nitrogens with one attached hydrogen (secondary N) is 1. The van der Waals surface area contributed by atoms with Gasteiger partial charge in [0.05, 0.1) is 0 Å². The van der Waals surface area contributed by atoms with Crippen molar-refractivity contribution in [3.63, 3.8) is 0 Å². The van der Waals surface area contributed by atoms with Gasteiger partial charge < -0.3 is 10.2 Å². The van der Waals surface area contributed by atoms with Gasteiger partial charge in [0, 0.05) is 24.2 Å². The van der Waals surface area contributed by atoms with Crippen LogP contribution in [-0.2, 0) is 6.54 Å². The van der Waals surface area contributed by atoms with Gasteiger partial charge in [0.1, 0.15) is 5.82 Å². The quantitative estimate of drug-likeness (QED) is 0.848. The molecule has 0 unspecified atom stereocenters. The van der Waals surface area contributed by atoms with E-state index in [1.807, 2.05) is 0 Å². The molecule has 1 aromatic carbocycles. The number of hydrogen-bond acceptors (Lipinski definition) is 2. The third kappa shape index (κ3) is 3.70. The molecule has 1 fully saturated rings. The van der Waals surface area contributed by atoms with Gasteiger partial charge in [-0.15, -0.1) is 0 Å². The summed E-state index contributed by atoms with van der Waals surface area (Å²) in [6.07, 6.45) is 2.00. The van der Waals surface area contributed by atoms with E-state index in [9.17, 15) is 13.2 Å². The molecule has 2 rings (SSSR count). The summed E-state index contributed by atoms with van der Waals surface area (Å²) in [6.45, 7) is 5.46. The average Bonchev–Trinajstić information content (AvgIpc) is 2.42. The number of rotatable bonds is 4. The molecule has 1 saturated heterocycles. The lowest BCUT2D eigenvalue weighted by Gasteiger charge is -2.31. The van der Waals surface area contributed by atoms with E-state index in [-0.39, 0.29) is 12.1 Å². The molecule has 2 nitrogen and oxygen atoms in total. The first kappa shape index (κ1) is 14.3. The molecule has 0 saturated carbocycles. The van der Waals surface area contributed by atoms with Crippen molar-refractivity contribution in [2.24, 2.45) is 0 Å². The lowest BCUT2D eigenvalue weighted by Crippen LogP contribution is -2.42. The normalized spacial score (nSPS) is 17.9. The van der Waals surface area contributed by atoms with Gasteiger partial charge in [0.2, 0.25) is 0 Å². The second-order valence-corrected chi connectivity index (χ2v) is 4.95. The fourth-order valence-electron chi connectivity index (χ4n) is 2.41. The van der Waals surface area contributed by atoms with E-state index in [2.05, 4.69) is 17.1 Å². The van der Waals surface area contributed by atoms with E-state index in [1.54, 1.807) is 0 Å². The zero-order chi connectivity index (χ0) is 13.8. The van der Waals surface area contributed by atoms with E-state index in [1.165, 1.54) is 0 Å². The van der Waals surface area contributed by atoms with Crippen molar-refractivity contribution < 1.29 is 13.2 Å². The number of piperidine rings is 1. The van der Waals surface area contributed by atoms with Crippen molar-refractivity contribution in [2.75, 3.05) is 19.6 Å². The molecule has 1 aliphatic heterocycles. The summed E-state index contributed by atoms with van der Waals surface area (Å²) >= 11 is 0. The predicted octanol–water partition coefficient (Wildman–Crippen LogP) is 2.68. The van der Waals surface area contributed by atoms with Crippen molar-refractivity contribution >= 4 is 0 Å². The minimum atomic E-state index is -1.14. The Morgan fingerprint density at radius 3 is 2.37 bits per heavy atom. The maximum absolute atomic E-state index is 13.4. The van der Waals surface area contributed by atoms with Crippen molar-refractivity contribution in [2.45, 2.75) is 32.4 Å². The second kappa shape index (κ2) is 6.39.